The van der Waals surface area contributed by atoms with Crippen LogP contribution < -0.4 is 5.43 Å². The summed E-state index contributed by atoms with van der Waals surface area (Å²) in [7, 11) is 0. The van der Waals surface area contributed by atoms with Gasteiger partial charge in [0.15, 0.2) is 5.82 Å². The molecule has 0 spiro atoms. The minimum Gasteiger partial charge on any atom is -0.261 e. The van der Waals surface area contributed by atoms with E-state index in [4.69, 9.17) is 0 Å². The number of alkyl halides is 3. The summed E-state index contributed by atoms with van der Waals surface area (Å²) < 4.78 is 38.9. The van der Waals surface area contributed by atoms with Crippen LogP contribution in [0.5, 0.6) is 0 Å². The van der Waals surface area contributed by atoms with E-state index in [1.807, 2.05) is 0 Å². The summed E-state index contributed by atoms with van der Waals surface area (Å²) in [6, 6.07) is 6.60. The first-order valence-corrected chi connectivity index (χ1v) is 7.61. The third-order valence-corrected chi connectivity index (χ3v) is 4.05. The van der Waals surface area contributed by atoms with E-state index in [0.29, 0.717) is 11.3 Å². The maximum atomic E-state index is 13.0. The Hall–Kier alpha value is -2.18. The molecule has 0 unspecified atom stereocenters. The van der Waals surface area contributed by atoms with Gasteiger partial charge in [0, 0.05) is 11.1 Å². The summed E-state index contributed by atoms with van der Waals surface area (Å²) in [6.07, 6.45) is -0.452. The molecule has 1 aliphatic carbocycles. The number of aromatic nitrogens is 2. The van der Waals surface area contributed by atoms with Crippen LogP contribution in [0, 0.1) is 5.92 Å². The summed E-state index contributed by atoms with van der Waals surface area (Å²) in [5.41, 5.74) is 3.96. The van der Waals surface area contributed by atoms with Crippen molar-refractivity contribution in [2.24, 2.45) is 11.0 Å². The number of hydrogen-bond acceptors (Lipinski definition) is 4. The predicted molar refractivity (Wildman–Crippen MR) is 83.2 cm³/mol. The first-order chi connectivity index (χ1) is 10.9. The van der Waals surface area contributed by atoms with E-state index in [-0.39, 0.29) is 11.3 Å². The molecule has 122 valence electrons. The zero-order valence-electron chi connectivity index (χ0n) is 12.7. The fourth-order valence-corrected chi connectivity index (χ4v) is 2.75. The normalized spacial score (nSPS) is 20.9. The lowest BCUT2D eigenvalue weighted by Gasteiger charge is -2.20. The SMILES string of the molecule is C[C@H]1CCCC/C1=N/Nc1nc(C(F)(F)F)nc2ccccc12. The molecule has 1 aliphatic rings. The fraction of sp³-hybridized carbons (Fsp3) is 0.438. The van der Waals surface area contributed by atoms with Crippen molar-refractivity contribution in [1.82, 2.24) is 9.97 Å². The fourth-order valence-electron chi connectivity index (χ4n) is 2.75. The molecule has 0 aliphatic heterocycles. The maximum Gasteiger partial charge on any atom is 0.451 e. The van der Waals surface area contributed by atoms with E-state index >= 15 is 0 Å². The van der Waals surface area contributed by atoms with Crippen LogP contribution in [-0.4, -0.2) is 15.7 Å². The van der Waals surface area contributed by atoms with Crippen LogP contribution in [0.25, 0.3) is 10.9 Å². The van der Waals surface area contributed by atoms with Crippen molar-refractivity contribution < 1.29 is 13.2 Å². The maximum absolute atomic E-state index is 13.0. The highest BCUT2D eigenvalue weighted by Crippen LogP contribution is 2.30. The average molecular weight is 322 g/mol. The standard InChI is InChI=1S/C16H17F3N4/c1-10-6-2-4-8-12(10)22-23-14-11-7-3-5-9-13(11)20-15(21-14)16(17,18)19/h3,5,7,9-10H,2,4,6,8H2,1H3,(H,20,21,23)/b22-12-/t10-/m0/s1. The van der Waals surface area contributed by atoms with Gasteiger partial charge in [0.25, 0.3) is 0 Å². The van der Waals surface area contributed by atoms with Crippen molar-refractivity contribution >= 4 is 22.4 Å². The van der Waals surface area contributed by atoms with E-state index in [2.05, 4.69) is 27.4 Å². The lowest BCUT2D eigenvalue weighted by Crippen LogP contribution is -2.18. The summed E-state index contributed by atoms with van der Waals surface area (Å²) in [6.45, 7) is 2.08. The second-order valence-electron chi connectivity index (χ2n) is 5.77. The predicted octanol–water partition coefficient (Wildman–Crippen LogP) is 4.63. The molecule has 1 aromatic carbocycles. The number of hydrazone groups is 1. The number of halogens is 3. The van der Waals surface area contributed by atoms with Crippen LogP contribution in [0.4, 0.5) is 19.0 Å². The highest BCUT2D eigenvalue weighted by molar-refractivity contribution is 5.91. The van der Waals surface area contributed by atoms with Gasteiger partial charge in [-0.15, -0.1) is 0 Å². The molecular formula is C16H17F3N4. The number of anilines is 1. The van der Waals surface area contributed by atoms with Gasteiger partial charge in [-0.1, -0.05) is 25.5 Å². The second-order valence-corrected chi connectivity index (χ2v) is 5.77. The minimum absolute atomic E-state index is 0.0909. The van der Waals surface area contributed by atoms with Gasteiger partial charge in [0.05, 0.1) is 5.52 Å². The molecule has 2 aromatic rings. The van der Waals surface area contributed by atoms with Crippen LogP contribution in [0.1, 0.15) is 38.4 Å². The first kappa shape index (κ1) is 15.7. The molecule has 1 atom stereocenters. The van der Waals surface area contributed by atoms with Crippen molar-refractivity contribution in [3.63, 3.8) is 0 Å². The molecule has 4 nitrogen and oxygen atoms in total. The van der Waals surface area contributed by atoms with Crippen LogP contribution in [0.3, 0.4) is 0 Å². The Bertz CT molecular complexity index is 740. The smallest absolute Gasteiger partial charge is 0.261 e. The van der Waals surface area contributed by atoms with Gasteiger partial charge in [-0.2, -0.15) is 18.3 Å². The number of rotatable bonds is 2. The number of nitrogens with one attached hydrogen (secondary N) is 1. The molecule has 1 fully saturated rings. The molecule has 0 amide bonds. The number of benzene rings is 1. The molecule has 0 saturated heterocycles. The topological polar surface area (TPSA) is 50.2 Å². The third-order valence-electron chi connectivity index (χ3n) is 4.05. The number of fused-ring (bicyclic) bond motifs is 1. The average Bonchev–Trinajstić information content (AvgIpc) is 2.52. The lowest BCUT2D eigenvalue weighted by atomic mass is 9.89. The Kier molecular flexibility index (Phi) is 4.19. The molecule has 1 aromatic heterocycles. The number of hydrogen-bond donors (Lipinski definition) is 1. The monoisotopic (exact) mass is 322 g/mol. The van der Waals surface area contributed by atoms with E-state index in [9.17, 15) is 13.2 Å². The van der Waals surface area contributed by atoms with E-state index in [1.54, 1.807) is 18.2 Å². The Morgan fingerprint density at radius 3 is 2.70 bits per heavy atom. The zero-order chi connectivity index (χ0) is 16.4. The molecule has 1 N–H and O–H groups in total. The Labute approximate surface area is 131 Å². The van der Waals surface area contributed by atoms with Crippen LogP contribution >= 0.6 is 0 Å². The van der Waals surface area contributed by atoms with Crippen molar-refractivity contribution in [3.05, 3.63) is 30.1 Å². The lowest BCUT2D eigenvalue weighted by molar-refractivity contribution is -0.144. The first-order valence-electron chi connectivity index (χ1n) is 7.61. The molecule has 23 heavy (non-hydrogen) atoms. The van der Waals surface area contributed by atoms with E-state index in [0.717, 1.165) is 31.4 Å². The van der Waals surface area contributed by atoms with Gasteiger partial charge in [-0.3, -0.25) is 5.43 Å². The molecule has 1 saturated carbocycles. The Morgan fingerprint density at radius 1 is 1.17 bits per heavy atom. The highest BCUT2D eigenvalue weighted by Gasteiger charge is 2.35. The molecule has 0 radical (unpaired) electrons. The van der Waals surface area contributed by atoms with Gasteiger partial charge in [-0.25, -0.2) is 9.97 Å². The van der Waals surface area contributed by atoms with Crippen molar-refractivity contribution in [2.75, 3.05) is 5.43 Å². The van der Waals surface area contributed by atoms with E-state index < -0.39 is 12.0 Å². The molecule has 3 rings (SSSR count). The van der Waals surface area contributed by atoms with Crippen molar-refractivity contribution in [1.29, 1.82) is 0 Å². The zero-order valence-corrected chi connectivity index (χ0v) is 12.7. The summed E-state index contributed by atoms with van der Waals surface area (Å²) >= 11 is 0. The van der Waals surface area contributed by atoms with Gasteiger partial charge < -0.3 is 0 Å². The van der Waals surface area contributed by atoms with Gasteiger partial charge in [-0.05, 0) is 37.3 Å². The van der Waals surface area contributed by atoms with E-state index in [1.165, 1.54) is 6.07 Å². The van der Waals surface area contributed by atoms with Crippen molar-refractivity contribution in [3.8, 4) is 0 Å². The second kappa shape index (κ2) is 6.14. The third kappa shape index (κ3) is 3.43. The van der Waals surface area contributed by atoms with Crippen LogP contribution in [-0.2, 0) is 6.18 Å². The Morgan fingerprint density at radius 2 is 1.96 bits per heavy atom. The quantitative estimate of drug-likeness (QED) is 0.820. The number of para-hydroxylation sites is 1. The molecule has 1 heterocycles. The Balaban J connectivity index is 2.00. The summed E-state index contributed by atoms with van der Waals surface area (Å²) in [5, 5.41) is 4.84. The minimum atomic E-state index is -4.59. The number of nitrogens with zero attached hydrogens (tertiary/aromatic N) is 3. The molecule has 7 heteroatoms. The molecule has 0 bridgehead atoms. The summed E-state index contributed by atoms with van der Waals surface area (Å²) in [4.78, 5) is 7.22. The van der Waals surface area contributed by atoms with Crippen LogP contribution in [0.15, 0.2) is 29.4 Å². The van der Waals surface area contributed by atoms with Gasteiger partial charge in [0.2, 0.25) is 5.82 Å². The highest BCUT2D eigenvalue weighted by atomic mass is 19.4. The van der Waals surface area contributed by atoms with Gasteiger partial charge in [0.1, 0.15) is 0 Å². The van der Waals surface area contributed by atoms with Crippen molar-refractivity contribution in [2.45, 2.75) is 38.8 Å². The van der Waals surface area contributed by atoms with Gasteiger partial charge >= 0.3 is 6.18 Å². The largest absolute Gasteiger partial charge is 0.451 e. The summed E-state index contributed by atoms with van der Waals surface area (Å²) in [5.74, 6) is -0.727. The molecular weight excluding hydrogens is 305 g/mol. The van der Waals surface area contributed by atoms with Crippen LogP contribution in [0.2, 0.25) is 0 Å².